The van der Waals surface area contributed by atoms with Crippen molar-refractivity contribution < 1.29 is 54.8 Å². The molecule has 1 aliphatic rings. The van der Waals surface area contributed by atoms with Crippen LogP contribution < -0.4 is 22.6 Å². The first-order chi connectivity index (χ1) is 20.3. The number of benzene rings is 2. The molecule has 43 heavy (non-hydrogen) atoms. The molecule has 2 heterocycles. The highest BCUT2D eigenvalue weighted by atomic mass is 16.5. The maximum Gasteiger partial charge on any atom is 0.320 e. The van der Waals surface area contributed by atoms with Gasteiger partial charge in [0.2, 0.25) is 0 Å². The van der Waals surface area contributed by atoms with Gasteiger partial charge >= 0.3 is 5.97 Å². The molecule has 3 aromatic rings. The van der Waals surface area contributed by atoms with Gasteiger partial charge in [-0.3, -0.25) is 14.6 Å². The highest BCUT2D eigenvalue weighted by molar-refractivity contribution is 5.89. The Bertz CT molecular complexity index is 1500. The van der Waals surface area contributed by atoms with Gasteiger partial charge in [0, 0.05) is 24.2 Å². The number of carboxylic acid groups (broad SMARTS) is 1. The molecule has 234 valence electrons. The van der Waals surface area contributed by atoms with E-state index in [0.29, 0.717) is 24.9 Å². The minimum atomic E-state index is -1.75. The first-order valence-electron chi connectivity index (χ1n) is 12.9. The Labute approximate surface area is 243 Å². The van der Waals surface area contributed by atoms with Crippen molar-refractivity contribution in [2.75, 3.05) is 13.2 Å². The first-order valence-corrected chi connectivity index (χ1v) is 12.9. The van der Waals surface area contributed by atoms with Gasteiger partial charge in [-0.1, -0.05) is 0 Å². The number of phenols is 3. The normalized spacial score (nSPS) is 22.3. The number of aromatic hydroxyl groups is 3. The van der Waals surface area contributed by atoms with Crippen molar-refractivity contribution in [2.24, 2.45) is 22.2 Å². The van der Waals surface area contributed by atoms with Gasteiger partial charge in [-0.25, -0.2) is 0 Å². The number of nitrogens with two attached hydrogens (primary N) is 3. The molecule has 1 aromatic heterocycles. The Morgan fingerprint density at radius 3 is 2.21 bits per heavy atom. The third-order valence-corrected chi connectivity index (χ3v) is 6.61. The number of hydrogen-bond acceptors (Lipinski definition) is 13. The maximum absolute atomic E-state index is 12.7. The van der Waals surface area contributed by atoms with Gasteiger partial charge < -0.3 is 67.2 Å². The molecule has 1 saturated heterocycles. The lowest BCUT2D eigenvalue weighted by molar-refractivity contribution is -0.231. The van der Waals surface area contributed by atoms with Crippen molar-refractivity contribution >= 4 is 22.9 Å². The van der Waals surface area contributed by atoms with Gasteiger partial charge in [-0.15, -0.1) is 0 Å². The third-order valence-electron chi connectivity index (χ3n) is 6.61. The zero-order chi connectivity index (χ0) is 32.0. The molecule has 0 saturated carbocycles. The van der Waals surface area contributed by atoms with Gasteiger partial charge in [0.1, 0.15) is 65.0 Å². The van der Waals surface area contributed by atoms with Crippen molar-refractivity contribution in [1.29, 1.82) is 0 Å². The van der Waals surface area contributed by atoms with E-state index in [1.165, 1.54) is 24.3 Å². The zero-order valence-corrected chi connectivity index (χ0v) is 22.6. The van der Waals surface area contributed by atoms with E-state index >= 15 is 0 Å². The molecule has 2 aromatic carbocycles. The Morgan fingerprint density at radius 1 is 0.977 bits per heavy atom. The molecule has 0 amide bonds. The van der Waals surface area contributed by atoms with Crippen molar-refractivity contribution in [1.82, 2.24) is 0 Å². The van der Waals surface area contributed by atoms with Crippen LogP contribution in [0.15, 0.2) is 50.6 Å². The summed E-state index contributed by atoms with van der Waals surface area (Å²) in [5, 5.41) is 78.3. The lowest BCUT2D eigenvalue weighted by Crippen LogP contribution is -2.55. The molecule has 0 aliphatic carbocycles. The summed E-state index contributed by atoms with van der Waals surface area (Å²) in [6.45, 7) is -0.274. The van der Waals surface area contributed by atoms with Crippen LogP contribution in [0, 0.1) is 0 Å². The Kier molecular flexibility index (Phi) is 10.9. The van der Waals surface area contributed by atoms with E-state index in [4.69, 9.17) is 31.5 Å². The van der Waals surface area contributed by atoms with E-state index in [1.807, 2.05) is 0 Å². The Morgan fingerprint density at radius 2 is 1.63 bits per heavy atom. The summed E-state index contributed by atoms with van der Waals surface area (Å²) >= 11 is 0. The number of rotatable bonds is 8. The van der Waals surface area contributed by atoms with Crippen molar-refractivity contribution in [2.45, 2.75) is 49.4 Å². The van der Waals surface area contributed by atoms with Crippen molar-refractivity contribution in [3.05, 3.63) is 52.2 Å². The van der Waals surface area contributed by atoms with Crippen LogP contribution in [0.4, 0.5) is 0 Å². The highest BCUT2D eigenvalue weighted by Gasteiger charge is 2.46. The summed E-state index contributed by atoms with van der Waals surface area (Å²) in [7, 11) is 0. The van der Waals surface area contributed by atoms with E-state index in [-0.39, 0.29) is 34.0 Å². The van der Waals surface area contributed by atoms with Crippen LogP contribution >= 0.6 is 0 Å². The quantitative estimate of drug-likeness (QED) is 0.0793. The van der Waals surface area contributed by atoms with E-state index in [9.17, 15) is 45.3 Å². The summed E-state index contributed by atoms with van der Waals surface area (Å²) in [6, 6.07) is 6.87. The maximum atomic E-state index is 12.7. The van der Waals surface area contributed by atoms with E-state index in [1.54, 1.807) is 0 Å². The Balaban J connectivity index is 0.000000359. The smallest absolute Gasteiger partial charge is 0.320 e. The summed E-state index contributed by atoms with van der Waals surface area (Å²) in [5.74, 6) is -2.14. The Hall–Kier alpha value is -4.45. The summed E-state index contributed by atoms with van der Waals surface area (Å²) in [6.07, 6.45) is -6.92. The van der Waals surface area contributed by atoms with E-state index in [2.05, 4.69) is 4.99 Å². The molecular formula is C27H34N4O12. The summed E-state index contributed by atoms with van der Waals surface area (Å²) in [5.41, 5.74) is 14.5. The number of aliphatic imine (C=N–C) groups is 1. The van der Waals surface area contributed by atoms with Gasteiger partial charge in [-0.2, -0.15) is 0 Å². The molecule has 14 N–H and O–H groups in total. The third kappa shape index (κ3) is 7.69. The molecular weight excluding hydrogens is 572 g/mol. The largest absolute Gasteiger partial charge is 0.508 e. The van der Waals surface area contributed by atoms with Gasteiger partial charge in [0.15, 0.2) is 17.0 Å². The SMILES string of the molecule is NC(N)=NCCC[C@H](N)C(=O)O.O=c1cc(-c2ccc(O)cc2)oc2c([C@@H]3O[C@H](CO)[C@@H](O)[C@H](O)[C@H]3O)c(O)cc(O)c12. The minimum absolute atomic E-state index is 0.0100. The second-order valence-electron chi connectivity index (χ2n) is 9.70. The molecule has 6 atom stereocenters. The summed E-state index contributed by atoms with van der Waals surface area (Å²) < 4.78 is 11.3. The van der Waals surface area contributed by atoms with Crippen molar-refractivity contribution in [3.63, 3.8) is 0 Å². The molecule has 4 rings (SSSR count). The average molecular weight is 607 g/mol. The van der Waals surface area contributed by atoms with E-state index < -0.39 is 66.1 Å². The van der Waals surface area contributed by atoms with Crippen LogP contribution in [0.3, 0.4) is 0 Å². The van der Waals surface area contributed by atoms with Gasteiger partial charge in [-0.05, 0) is 37.1 Å². The van der Waals surface area contributed by atoms with Crippen LogP contribution in [0.1, 0.15) is 24.5 Å². The van der Waals surface area contributed by atoms with Crippen molar-refractivity contribution in [3.8, 4) is 28.6 Å². The number of fused-ring (bicyclic) bond motifs is 1. The lowest BCUT2D eigenvalue weighted by atomic mass is 9.89. The lowest BCUT2D eigenvalue weighted by Gasteiger charge is -2.40. The highest BCUT2D eigenvalue weighted by Crippen LogP contribution is 2.43. The standard InChI is InChI=1S/C21H20O10.C6H14N4O2/c22-7-14-17(27)18(28)19(29)21(31-14)16-11(25)5-10(24)15-12(26)6-13(30-20(15)16)8-1-3-9(23)4-2-8;7-4(5(11)12)2-1-3-10-6(8)9/h1-6,14,17-19,21-25,27-29H,7H2;4H,1-3,7H2,(H,11,12)(H4,8,9,10)/t14-,17-,18+,19-,21+;4-/m10/s1. The first kappa shape index (κ1) is 33.1. The van der Waals surface area contributed by atoms with E-state index in [0.717, 1.165) is 12.1 Å². The minimum Gasteiger partial charge on any atom is -0.508 e. The predicted molar refractivity (Wildman–Crippen MR) is 151 cm³/mol. The number of nitrogens with zero attached hydrogens (tertiary/aromatic N) is 1. The molecule has 0 spiro atoms. The number of carboxylic acids is 1. The van der Waals surface area contributed by atoms with Crippen LogP contribution in [0.25, 0.3) is 22.3 Å². The monoisotopic (exact) mass is 606 g/mol. The number of aliphatic carboxylic acids is 1. The number of hydrogen-bond donors (Lipinski definition) is 11. The fourth-order valence-electron chi connectivity index (χ4n) is 4.35. The fraction of sp³-hybridized carbons (Fsp3) is 0.370. The topological polar surface area (TPSA) is 309 Å². The molecule has 0 bridgehead atoms. The van der Waals surface area contributed by atoms with Gasteiger partial charge in [0.05, 0.1) is 12.2 Å². The number of aliphatic hydroxyl groups is 4. The number of aliphatic hydroxyl groups excluding tert-OH is 4. The second kappa shape index (κ2) is 14.1. The van der Waals surface area contributed by atoms with Gasteiger partial charge in [0.25, 0.3) is 0 Å². The number of phenolic OH excluding ortho intramolecular Hbond substituents is 3. The number of carbonyl (C=O) groups is 1. The van der Waals surface area contributed by atoms with Crippen LogP contribution in [-0.2, 0) is 9.53 Å². The predicted octanol–water partition coefficient (Wildman–Crippen LogP) is -1.46. The molecule has 0 unspecified atom stereocenters. The molecule has 16 heteroatoms. The summed E-state index contributed by atoms with van der Waals surface area (Å²) in [4.78, 5) is 26.6. The average Bonchev–Trinajstić information content (AvgIpc) is 2.95. The van der Waals surface area contributed by atoms with Crippen LogP contribution in [0.2, 0.25) is 0 Å². The molecule has 16 nitrogen and oxygen atoms in total. The fourth-order valence-corrected chi connectivity index (χ4v) is 4.35. The number of ether oxygens (including phenoxy) is 1. The number of guanidine groups is 1. The van der Waals surface area contributed by atoms with Crippen LogP contribution in [-0.4, -0.2) is 96.4 Å². The molecule has 0 radical (unpaired) electrons. The zero-order valence-electron chi connectivity index (χ0n) is 22.6. The van der Waals surface area contributed by atoms with Crippen LogP contribution in [0.5, 0.6) is 17.2 Å². The molecule has 1 aliphatic heterocycles. The second-order valence-corrected chi connectivity index (χ2v) is 9.70. The molecule has 1 fully saturated rings.